The van der Waals surface area contributed by atoms with Gasteiger partial charge in [0, 0.05) is 12.0 Å². The van der Waals surface area contributed by atoms with Crippen LogP contribution in [0.15, 0.2) is 71.4 Å². The Kier molecular flexibility index (Phi) is 8.80. The van der Waals surface area contributed by atoms with E-state index >= 15 is 0 Å². The molecule has 36 heavy (non-hydrogen) atoms. The monoisotopic (exact) mass is 539 g/mol. The van der Waals surface area contributed by atoms with Crippen molar-refractivity contribution < 1.29 is 19.4 Å². The number of thiophene rings is 2. The van der Waals surface area contributed by atoms with E-state index in [0.717, 1.165) is 40.0 Å². The van der Waals surface area contributed by atoms with E-state index in [1.54, 1.807) is 17.4 Å². The highest BCUT2D eigenvalue weighted by Gasteiger charge is 2.17. The van der Waals surface area contributed by atoms with Gasteiger partial charge in [0.25, 0.3) is 0 Å². The summed E-state index contributed by atoms with van der Waals surface area (Å²) < 4.78 is 6.10. The van der Waals surface area contributed by atoms with Gasteiger partial charge in [0.15, 0.2) is 0 Å². The summed E-state index contributed by atoms with van der Waals surface area (Å²) in [6, 6.07) is 20.2. The predicted octanol–water partition coefficient (Wildman–Crippen LogP) is 8.90. The molecular weight excluding hydrogens is 514 g/mol. The largest absolute Gasteiger partial charge is 0.481 e. The molecule has 186 valence electrons. The van der Waals surface area contributed by atoms with E-state index in [1.165, 1.54) is 16.9 Å². The number of benzene rings is 2. The number of aliphatic carboxylic acids is 1. The third kappa shape index (κ3) is 6.97. The molecule has 0 aliphatic heterocycles. The number of halogens is 1. The van der Waals surface area contributed by atoms with Crippen LogP contribution in [0.4, 0.5) is 10.5 Å². The lowest BCUT2D eigenvalue weighted by atomic mass is 10.00. The van der Waals surface area contributed by atoms with Crippen molar-refractivity contribution in [1.82, 2.24) is 0 Å². The van der Waals surface area contributed by atoms with Crippen LogP contribution >= 0.6 is 34.3 Å². The summed E-state index contributed by atoms with van der Waals surface area (Å²) in [7, 11) is 0. The Morgan fingerprint density at radius 1 is 1.00 bits per heavy atom. The lowest BCUT2D eigenvalue weighted by molar-refractivity contribution is -0.137. The van der Waals surface area contributed by atoms with Gasteiger partial charge in [0.1, 0.15) is 6.10 Å². The molecule has 0 spiro atoms. The minimum Gasteiger partial charge on any atom is -0.481 e. The molecule has 0 radical (unpaired) electrons. The second kappa shape index (κ2) is 12.2. The first-order chi connectivity index (χ1) is 17.4. The Morgan fingerprint density at radius 2 is 1.67 bits per heavy atom. The highest BCUT2D eigenvalue weighted by molar-refractivity contribution is 7.20. The molecule has 8 heteroatoms. The number of hydrogen-bond donors (Lipinski definition) is 2. The fourth-order valence-corrected chi connectivity index (χ4v) is 5.75. The number of carboxylic acid groups (broad SMARTS) is 1. The van der Waals surface area contributed by atoms with Gasteiger partial charge in [-0.1, -0.05) is 60.1 Å². The summed E-state index contributed by atoms with van der Waals surface area (Å²) in [6.07, 6.45) is 1.77. The maximum absolute atomic E-state index is 12.5. The van der Waals surface area contributed by atoms with Gasteiger partial charge in [-0.2, -0.15) is 11.3 Å². The molecule has 0 aliphatic rings. The van der Waals surface area contributed by atoms with Crippen molar-refractivity contribution in [2.75, 3.05) is 5.32 Å². The molecule has 4 aromatic rings. The smallest absolute Gasteiger partial charge is 0.412 e. The molecule has 0 saturated heterocycles. The van der Waals surface area contributed by atoms with Gasteiger partial charge in [-0.3, -0.25) is 10.1 Å². The van der Waals surface area contributed by atoms with Crippen molar-refractivity contribution in [2.24, 2.45) is 0 Å². The SMILES string of the molecule is CC(OC(=O)Nc1cc(Cl)sc1-c1ccc(-c2ccc(CCCCC(=O)O)cc2)cc1)c1ccsc1. The Balaban J connectivity index is 1.40. The van der Waals surface area contributed by atoms with Crippen molar-refractivity contribution in [2.45, 2.75) is 38.7 Å². The van der Waals surface area contributed by atoms with Crippen LogP contribution in [0, 0.1) is 0 Å². The van der Waals surface area contributed by atoms with E-state index in [9.17, 15) is 9.59 Å². The van der Waals surface area contributed by atoms with Crippen LogP contribution in [-0.2, 0) is 16.0 Å². The number of unbranched alkanes of at least 4 members (excludes halogenated alkanes) is 1. The molecule has 2 heterocycles. The molecule has 2 aromatic heterocycles. The minimum absolute atomic E-state index is 0.215. The summed E-state index contributed by atoms with van der Waals surface area (Å²) in [5.74, 6) is -0.745. The van der Waals surface area contributed by atoms with E-state index in [4.69, 9.17) is 21.4 Å². The van der Waals surface area contributed by atoms with Crippen molar-refractivity contribution >= 4 is 52.0 Å². The van der Waals surface area contributed by atoms with Crippen LogP contribution in [0.3, 0.4) is 0 Å². The van der Waals surface area contributed by atoms with Crippen LogP contribution in [0.5, 0.6) is 0 Å². The zero-order valence-corrected chi connectivity index (χ0v) is 22.1. The summed E-state index contributed by atoms with van der Waals surface area (Å²) in [6.45, 7) is 1.84. The summed E-state index contributed by atoms with van der Waals surface area (Å²) in [5.41, 5.74) is 5.91. The quantitative estimate of drug-likeness (QED) is 0.197. The number of nitrogens with one attached hydrogen (secondary N) is 1. The Morgan fingerprint density at radius 3 is 2.31 bits per heavy atom. The number of hydrogen-bond acceptors (Lipinski definition) is 5. The van der Waals surface area contributed by atoms with Gasteiger partial charge >= 0.3 is 12.1 Å². The first kappa shape index (κ1) is 25.9. The second-order valence-corrected chi connectivity index (χ2v) is 10.9. The zero-order chi connectivity index (χ0) is 25.5. The molecule has 1 atom stereocenters. The topological polar surface area (TPSA) is 75.6 Å². The van der Waals surface area contributed by atoms with E-state index < -0.39 is 12.1 Å². The summed E-state index contributed by atoms with van der Waals surface area (Å²) >= 11 is 9.25. The molecule has 4 rings (SSSR count). The van der Waals surface area contributed by atoms with E-state index in [1.807, 2.05) is 48.0 Å². The molecule has 0 aliphatic carbocycles. The van der Waals surface area contributed by atoms with Gasteiger partial charge in [-0.05, 0) is 71.3 Å². The highest BCUT2D eigenvalue weighted by Crippen LogP contribution is 2.40. The predicted molar refractivity (Wildman–Crippen MR) is 148 cm³/mol. The second-order valence-electron chi connectivity index (χ2n) is 8.40. The highest BCUT2D eigenvalue weighted by atomic mass is 35.5. The van der Waals surface area contributed by atoms with Crippen LogP contribution in [0.1, 0.15) is 43.4 Å². The van der Waals surface area contributed by atoms with Gasteiger partial charge < -0.3 is 9.84 Å². The number of aryl methyl sites for hydroxylation is 1. The number of carbonyl (C=O) groups excluding carboxylic acids is 1. The minimum atomic E-state index is -0.745. The molecule has 1 amide bonds. The molecule has 0 saturated carbocycles. The number of amides is 1. The fourth-order valence-electron chi connectivity index (χ4n) is 3.83. The van der Waals surface area contributed by atoms with Crippen molar-refractivity contribution in [3.63, 3.8) is 0 Å². The molecule has 2 N–H and O–H groups in total. The first-order valence-corrected chi connectivity index (χ1v) is 13.7. The third-order valence-electron chi connectivity index (χ3n) is 5.78. The fraction of sp³-hybridized carbons (Fsp3) is 0.214. The first-order valence-electron chi connectivity index (χ1n) is 11.6. The van der Waals surface area contributed by atoms with Crippen molar-refractivity contribution in [1.29, 1.82) is 0 Å². The number of carboxylic acids is 1. The summed E-state index contributed by atoms with van der Waals surface area (Å²) in [5, 5.41) is 15.5. The lowest BCUT2D eigenvalue weighted by Crippen LogP contribution is -2.15. The standard InChI is InChI=1S/C28H26ClNO4S2/c1-18(23-14-15-35-17-23)34-28(33)30-24-16-25(29)36-27(24)22-12-10-21(11-13-22)20-8-6-19(7-9-20)4-2-3-5-26(31)32/h6-18H,2-5H2,1H3,(H,30,33)(H,31,32). The van der Waals surface area contributed by atoms with E-state index in [0.29, 0.717) is 16.4 Å². The number of carbonyl (C=O) groups is 2. The zero-order valence-electron chi connectivity index (χ0n) is 19.7. The molecule has 0 bridgehead atoms. The molecule has 2 aromatic carbocycles. The molecule has 5 nitrogen and oxygen atoms in total. The van der Waals surface area contributed by atoms with Crippen molar-refractivity contribution in [3.05, 3.63) is 86.9 Å². The van der Waals surface area contributed by atoms with Crippen LogP contribution in [0.25, 0.3) is 21.6 Å². The Hall–Kier alpha value is -3.13. The van der Waals surface area contributed by atoms with E-state index in [2.05, 4.69) is 29.6 Å². The number of rotatable bonds is 10. The van der Waals surface area contributed by atoms with Gasteiger partial charge in [0.2, 0.25) is 0 Å². The van der Waals surface area contributed by atoms with E-state index in [-0.39, 0.29) is 12.5 Å². The average Bonchev–Trinajstić information content (AvgIpc) is 3.52. The van der Waals surface area contributed by atoms with Crippen LogP contribution in [0.2, 0.25) is 4.34 Å². The number of anilines is 1. The van der Waals surface area contributed by atoms with Gasteiger partial charge in [-0.15, -0.1) is 11.3 Å². The Labute approximate surface area is 223 Å². The normalized spacial score (nSPS) is 11.7. The van der Waals surface area contributed by atoms with Crippen LogP contribution in [-0.4, -0.2) is 17.2 Å². The Bertz CT molecular complexity index is 1300. The maximum atomic E-state index is 12.5. The number of ether oxygens (including phenoxy) is 1. The molecule has 0 fully saturated rings. The van der Waals surface area contributed by atoms with Gasteiger partial charge in [0.05, 0.1) is 14.9 Å². The maximum Gasteiger partial charge on any atom is 0.412 e. The van der Waals surface area contributed by atoms with Gasteiger partial charge in [-0.25, -0.2) is 4.79 Å². The summed E-state index contributed by atoms with van der Waals surface area (Å²) in [4.78, 5) is 24.0. The molecular formula is C28H26ClNO4S2. The molecule has 1 unspecified atom stereocenters. The average molecular weight is 540 g/mol. The lowest BCUT2D eigenvalue weighted by Gasteiger charge is -2.13. The third-order valence-corrected chi connectivity index (χ3v) is 7.79. The van der Waals surface area contributed by atoms with Crippen molar-refractivity contribution in [3.8, 4) is 21.6 Å². The van der Waals surface area contributed by atoms with Crippen LogP contribution < -0.4 is 5.32 Å².